The van der Waals surface area contributed by atoms with Gasteiger partial charge in [0.15, 0.2) is 5.78 Å². The molecule has 0 radical (unpaired) electrons. The van der Waals surface area contributed by atoms with Gasteiger partial charge < -0.3 is 9.47 Å². The van der Waals surface area contributed by atoms with Gasteiger partial charge in [-0.1, -0.05) is 43.7 Å². The maximum Gasteiger partial charge on any atom is 0.319 e. The quantitative estimate of drug-likeness (QED) is 0.835. The molecule has 25 heavy (non-hydrogen) atoms. The molecule has 0 fully saturated rings. The van der Waals surface area contributed by atoms with Crippen molar-refractivity contribution in [3.05, 3.63) is 46.7 Å². The zero-order valence-corrected chi connectivity index (χ0v) is 15.0. The van der Waals surface area contributed by atoms with Gasteiger partial charge in [-0.15, -0.1) is 0 Å². The van der Waals surface area contributed by atoms with Crippen LogP contribution in [0.3, 0.4) is 0 Å². The Balaban J connectivity index is 2.20. The van der Waals surface area contributed by atoms with Crippen molar-refractivity contribution in [3.8, 4) is 0 Å². The maximum atomic E-state index is 12.9. The van der Waals surface area contributed by atoms with E-state index in [1.165, 1.54) is 7.11 Å². The van der Waals surface area contributed by atoms with Gasteiger partial charge in [0.25, 0.3) is 0 Å². The summed E-state index contributed by atoms with van der Waals surface area (Å²) in [5.41, 5.74) is 2.18. The lowest BCUT2D eigenvalue weighted by Crippen LogP contribution is -2.42. The van der Waals surface area contributed by atoms with Crippen LogP contribution in [0.1, 0.15) is 43.7 Å². The first kappa shape index (κ1) is 17.4. The number of carbonyl (C=O) groups excluding carboxylic acids is 2. The van der Waals surface area contributed by atoms with E-state index in [2.05, 4.69) is 0 Å². The summed E-state index contributed by atoms with van der Waals surface area (Å²) in [6.45, 7) is 5.98. The molecule has 0 spiro atoms. The minimum atomic E-state index is -0.935. The number of methoxy groups -OCH3 is 1. The lowest BCUT2D eigenvalue weighted by Gasteiger charge is -2.40. The van der Waals surface area contributed by atoms with Crippen LogP contribution in [0.5, 0.6) is 0 Å². The normalized spacial score (nSPS) is 25.3. The number of benzene rings is 1. The molecule has 2 atom stereocenters. The van der Waals surface area contributed by atoms with Crippen molar-refractivity contribution in [2.75, 3.05) is 7.11 Å². The SMILES string of the molecule is COC(=O)C1C(=N)OC2=C(C(=O)CC(C)(C)C2)C1c1cccc(C)c1. The molecule has 1 aliphatic carbocycles. The number of nitrogens with one attached hydrogen (secondary N) is 1. The van der Waals surface area contributed by atoms with E-state index in [0.717, 1.165) is 11.1 Å². The number of aryl methyl sites for hydroxylation is 1. The number of Topliss-reactive ketones (excluding diaryl/α,β-unsaturated/α-hetero) is 1. The standard InChI is InChI=1S/C20H23NO4/c1-11-6-5-7-12(8-11)15-16-13(22)9-20(2,3)10-14(16)25-18(21)17(15)19(23)24-4/h5-8,15,17,21H,9-10H2,1-4H3. The third-order valence-corrected chi connectivity index (χ3v) is 4.90. The molecule has 1 N–H and O–H groups in total. The summed E-state index contributed by atoms with van der Waals surface area (Å²) in [5, 5.41) is 8.26. The second kappa shape index (κ2) is 6.14. The Morgan fingerprint density at radius 3 is 2.68 bits per heavy atom. The number of ether oxygens (including phenoxy) is 2. The number of hydrogen-bond donors (Lipinski definition) is 1. The molecule has 1 aromatic carbocycles. The van der Waals surface area contributed by atoms with Crippen LogP contribution in [0.2, 0.25) is 0 Å². The molecule has 3 rings (SSSR count). The van der Waals surface area contributed by atoms with Crippen molar-refractivity contribution in [2.45, 2.75) is 39.5 Å². The molecule has 2 unspecified atom stereocenters. The van der Waals surface area contributed by atoms with Gasteiger partial charge in [-0.25, -0.2) is 0 Å². The summed E-state index contributed by atoms with van der Waals surface area (Å²) in [7, 11) is 1.29. The van der Waals surface area contributed by atoms with Crippen molar-refractivity contribution in [3.63, 3.8) is 0 Å². The van der Waals surface area contributed by atoms with Crippen LogP contribution >= 0.6 is 0 Å². The monoisotopic (exact) mass is 341 g/mol. The highest BCUT2D eigenvalue weighted by molar-refractivity contribution is 6.06. The predicted octanol–water partition coefficient (Wildman–Crippen LogP) is 3.52. The minimum absolute atomic E-state index is 0.0147. The summed E-state index contributed by atoms with van der Waals surface area (Å²) in [6.07, 6.45) is 0.978. The Labute approximate surface area is 147 Å². The fourth-order valence-electron chi connectivity index (χ4n) is 3.82. The number of rotatable bonds is 2. The van der Waals surface area contributed by atoms with Crippen LogP contribution in [0, 0.1) is 23.7 Å². The van der Waals surface area contributed by atoms with Crippen LogP contribution < -0.4 is 0 Å². The predicted molar refractivity (Wildman–Crippen MR) is 93.3 cm³/mol. The number of ketones is 1. The van der Waals surface area contributed by atoms with Crippen LogP contribution in [0.15, 0.2) is 35.6 Å². The van der Waals surface area contributed by atoms with Crippen molar-refractivity contribution in [2.24, 2.45) is 11.3 Å². The lowest BCUT2D eigenvalue weighted by atomic mass is 9.68. The second-order valence-electron chi connectivity index (χ2n) is 7.64. The number of allylic oxidation sites excluding steroid dienone is 2. The van der Waals surface area contributed by atoms with Gasteiger partial charge in [-0.2, -0.15) is 0 Å². The van der Waals surface area contributed by atoms with Gasteiger partial charge in [-0.05, 0) is 17.9 Å². The summed E-state index contributed by atoms with van der Waals surface area (Å²) in [4.78, 5) is 25.3. The van der Waals surface area contributed by atoms with Crippen molar-refractivity contribution >= 4 is 17.7 Å². The first-order chi connectivity index (χ1) is 11.7. The molecule has 5 heteroatoms. The third-order valence-electron chi connectivity index (χ3n) is 4.90. The highest BCUT2D eigenvalue weighted by Gasteiger charge is 2.49. The fraction of sp³-hybridized carbons (Fsp3) is 0.450. The van der Waals surface area contributed by atoms with Crippen LogP contribution in [0.4, 0.5) is 0 Å². The Hall–Kier alpha value is -2.43. The Kier molecular flexibility index (Phi) is 4.27. The van der Waals surface area contributed by atoms with Crippen molar-refractivity contribution in [1.29, 1.82) is 5.41 Å². The van der Waals surface area contributed by atoms with E-state index in [1.54, 1.807) is 0 Å². The summed E-state index contributed by atoms with van der Waals surface area (Å²) in [5.74, 6) is -1.66. The fourth-order valence-corrected chi connectivity index (χ4v) is 3.82. The van der Waals surface area contributed by atoms with E-state index < -0.39 is 17.8 Å². The maximum absolute atomic E-state index is 12.9. The molecule has 1 aliphatic heterocycles. The molecule has 1 heterocycles. The molecular weight excluding hydrogens is 318 g/mol. The number of hydrogen-bond acceptors (Lipinski definition) is 5. The topological polar surface area (TPSA) is 76.5 Å². The van der Waals surface area contributed by atoms with Crippen LogP contribution in [-0.4, -0.2) is 24.8 Å². The zero-order valence-electron chi connectivity index (χ0n) is 15.0. The molecule has 1 aromatic rings. The second-order valence-corrected chi connectivity index (χ2v) is 7.64. The molecule has 0 aromatic heterocycles. The van der Waals surface area contributed by atoms with E-state index >= 15 is 0 Å². The Bertz CT molecular complexity index is 791. The van der Waals surface area contributed by atoms with Crippen molar-refractivity contribution in [1.82, 2.24) is 0 Å². The van der Waals surface area contributed by atoms with Gasteiger partial charge in [0.2, 0.25) is 5.90 Å². The van der Waals surface area contributed by atoms with E-state index in [-0.39, 0.29) is 17.1 Å². The average Bonchev–Trinajstić information content (AvgIpc) is 2.51. The van der Waals surface area contributed by atoms with Crippen molar-refractivity contribution < 1.29 is 19.1 Å². The highest BCUT2D eigenvalue weighted by atomic mass is 16.5. The van der Waals surface area contributed by atoms with E-state index in [4.69, 9.17) is 14.9 Å². The van der Waals surface area contributed by atoms with Gasteiger partial charge in [0.1, 0.15) is 11.7 Å². The smallest absolute Gasteiger partial charge is 0.319 e. The lowest BCUT2D eigenvalue weighted by molar-refractivity contribution is -0.144. The first-order valence-electron chi connectivity index (χ1n) is 8.40. The molecule has 0 saturated heterocycles. The van der Waals surface area contributed by atoms with E-state index in [9.17, 15) is 9.59 Å². The molecule has 2 aliphatic rings. The molecule has 132 valence electrons. The van der Waals surface area contributed by atoms with Gasteiger partial charge in [-0.3, -0.25) is 15.0 Å². The van der Waals surface area contributed by atoms with Crippen LogP contribution in [0.25, 0.3) is 0 Å². The average molecular weight is 341 g/mol. The molecule has 0 bridgehead atoms. The zero-order chi connectivity index (χ0) is 18.4. The first-order valence-corrected chi connectivity index (χ1v) is 8.40. The van der Waals surface area contributed by atoms with Crippen LogP contribution in [-0.2, 0) is 19.1 Å². The van der Waals surface area contributed by atoms with E-state index in [0.29, 0.717) is 24.2 Å². The summed E-state index contributed by atoms with van der Waals surface area (Å²) >= 11 is 0. The number of esters is 1. The third kappa shape index (κ3) is 3.11. The highest BCUT2D eigenvalue weighted by Crippen LogP contribution is 2.48. The molecule has 5 nitrogen and oxygen atoms in total. The van der Waals surface area contributed by atoms with Gasteiger partial charge in [0, 0.05) is 24.3 Å². The summed E-state index contributed by atoms with van der Waals surface area (Å²) in [6, 6.07) is 7.71. The minimum Gasteiger partial charge on any atom is -0.468 e. The molecular formula is C20H23NO4. The molecule has 0 amide bonds. The Morgan fingerprint density at radius 1 is 1.32 bits per heavy atom. The van der Waals surface area contributed by atoms with E-state index in [1.807, 2.05) is 45.0 Å². The largest absolute Gasteiger partial charge is 0.468 e. The number of carbonyl (C=O) groups is 2. The van der Waals surface area contributed by atoms with Gasteiger partial charge >= 0.3 is 5.97 Å². The molecule has 0 saturated carbocycles. The Morgan fingerprint density at radius 2 is 2.04 bits per heavy atom. The summed E-state index contributed by atoms with van der Waals surface area (Å²) < 4.78 is 10.6. The van der Waals surface area contributed by atoms with Gasteiger partial charge in [0.05, 0.1) is 7.11 Å².